The van der Waals surface area contributed by atoms with Crippen molar-refractivity contribution in [1.29, 1.82) is 0 Å². The number of methoxy groups -OCH3 is 1. The molecule has 110 valence electrons. The summed E-state index contributed by atoms with van der Waals surface area (Å²) >= 11 is 9.28. The maximum Gasteiger partial charge on any atom is 0.349 e. The van der Waals surface area contributed by atoms with E-state index in [-0.39, 0.29) is 6.61 Å². The van der Waals surface area contributed by atoms with Gasteiger partial charge >= 0.3 is 5.97 Å². The van der Waals surface area contributed by atoms with Crippen LogP contribution in [0.25, 0.3) is 0 Å². The quantitative estimate of drug-likeness (QED) is 0.586. The van der Waals surface area contributed by atoms with Gasteiger partial charge in [-0.3, -0.25) is 0 Å². The van der Waals surface area contributed by atoms with Crippen molar-refractivity contribution in [2.45, 2.75) is 0 Å². The Morgan fingerprint density at radius 1 is 1.14 bits per heavy atom. The number of esters is 1. The van der Waals surface area contributed by atoms with Crippen LogP contribution in [0.2, 0.25) is 5.02 Å². The molecule has 2 aromatic carbocycles. The van der Waals surface area contributed by atoms with E-state index in [9.17, 15) is 4.79 Å². The van der Waals surface area contributed by atoms with Crippen molar-refractivity contribution in [2.75, 3.05) is 13.7 Å². The molecule has 0 saturated heterocycles. The smallest absolute Gasteiger partial charge is 0.349 e. The number of carbonyl (C=O) groups is 1. The third-order valence-corrected chi connectivity index (χ3v) is 3.32. The second-order valence-corrected chi connectivity index (χ2v) is 5.34. The maximum absolute atomic E-state index is 11.7. The van der Waals surface area contributed by atoms with Crippen molar-refractivity contribution in [3.63, 3.8) is 0 Å². The van der Waals surface area contributed by atoms with Gasteiger partial charge in [-0.25, -0.2) is 4.79 Å². The van der Waals surface area contributed by atoms with Gasteiger partial charge in [0.2, 0.25) is 0 Å². The number of halogens is 2. The fraction of sp³-hybridized carbons (Fsp3) is 0.133. The van der Waals surface area contributed by atoms with Gasteiger partial charge in [0.1, 0.15) is 17.2 Å². The number of ether oxygens (including phenoxy) is 3. The summed E-state index contributed by atoms with van der Waals surface area (Å²) in [5.74, 6) is 1.02. The third-order valence-electron chi connectivity index (χ3n) is 2.53. The van der Waals surface area contributed by atoms with Crippen molar-refractivity contribution in [1.82, 2.24) is 0 Å². The van der Waals surface area contributed by atoms with E-state index in [1.165, 1.54) is 0 Å². The van der Waals surface area contributed by atoms with E-state index in [1.807, 2.05) is 0 Å². The lowest BCUT2D eigenvalue weighted by molar-refractivity contribution is -0.136. The molecule has 0 aromatic heterocycles. The van der Waals surface area contributed by atoms with Crippen molar-refractivity contribution in [3.05, 3.63) is 52.0 Å². The average molecular weight is 372 g/mol. The van der Waals surface area contributed by atoms with E-state index >= 15 is 0 Å². The Bertz CT molecular complexity index is 628. The predicted octanol–water partition coefficient (Wildman–Crippen LogP) is 4.10. The molecule has 0 saturated carbocycles. The van der Waals surface area contributed by atoms with Crippen LogP contribution in [0, 0.1) is 0 Å². The summed E-state index contributed by atoms with van der Waals surface area (Å²) in [6, 6.07) is 11.8. The molecule has 0 aliphatic heterocycles. The zero-order chi connectivity index (χ0) is 15.2. The molecule has 2 aromatic rings. The second kappa shape index (κ2) is 7.33. The number of hydrogen-bond acceptors (Lipinski definition) is 4. The Labute approximate surface area is 135 Å². The number of carbonyl (C=O) groups excluding carboxylic acids is 1. The first-order valence-corrected chi connectivity index (χ1v) is 7.18. The van der Waals surface area contributed by atoms with Gasteiger partial charge in [-0.2, -0.15) is 0 Å². The molecule has 0 fully saturated rings. The Morgan fingerprint density at radius 2 is 1.81 bits per heavy atom. The van der Waals surface area contributed by atoms with E-state index in [2.05, 4.69) is 15.9 Å². The summed E-state index contributed by atoms with van der Waals surface area (Å²) in [5.41, 5.74) is 0. The molecule has 6 heteroatoms. The number of rotatable bonds is 5. The van der Waals surface area contributed by atoms with Gasteiger partial charge in [-0.1, -0.05) is 27.5 Å². The summed E-state index contributed by atoms with van der Waals surface area (Å²) < 4.78 is 16.3. The van der Waals surface area contributed by atoms with Crippen molar-refractivity contribution in [2.24, 2.45) is 0 Å². The summed E-state index contributed by atoms with van der Waals surface area (Å²) in [6.45, 7) is -0.229. The minimum absolute atomic E-state index is 0.229. The van der Waals surface area contributed by atoms with Crippen LogP contribution in [0.5, 0.6) is 17.2 Å². The van der Waals surface area contributed by atoms with Gasteiger partial charge in [0.05, 0.1) is 12.1 Å². The molecule has 0 heterocycles. The van der Waals surface area contributed by atoms with Crippen LogP contribution >= 0.6 is 27.5 Å². The topological polar surface area (TPSA) is 44.8 Å². The van der Waals surface area contributed by atoms with Gasteiger partial charge in [0.25, 0.3) is 0 Å². The SMILES string of the molecule is COc1ccc(OC(=O)COc2ccc(Br)cc2Cl)cc1. The van der Waals surface area contributed by atoms with Crippen LogP contribution < -0.4 is 14.2 Å². The first-order valence-electron chi connectivity index (χ1n) is 6.01. The molecule has 0 unspecified atom stereocenters. The van der Waals surface area contributed by atoms with Gasteiger partial charge in [0, 0.05) is 4.47 Å². The Morgan fingerprint density at radius 3 is 2.43 bits per heavy atom. The van der Waals surface area contributed by atoms with Gasteiger partial charge < -0.3 is 14.2 Å². The van der Waals surface area contributed by atoms with E-state index in [1.54, 1.807) is 49.6 Å². The molecular weight excluding hydrogens is 360 g/mol. The molecule has 0 bridgehead atoms. The van der Waals surface area contributed by atoms with E-state index in [0.717, 1.165) is 4.47 Å². The molecule has 0 aliphatic carbocycles. The minimum Gasteiger partial charge on any atom is -0.497 e. The molecule has 0 atom stereocenters. The molecule has 21 heavy (non-hydrogen) atoms. The van der Waals surface area contributed by atoms with Gasteiger partial charge in [-0.05, 0) is 42.5 Å². The molecule has 4 nitrogen and oxygen atoms in total. The third kappa shape index (κ3) is 4.65. The monoisotopic (exact) mass is 370 g/mol. The summed E-state index contributed by atoms with van der Waals surface area (Å²) in [7, 11) is 1.57. The summed E-state index contributed by atoms with van der Waals surface area (Å²) in [6.07, 6.45) is 0. The highest BCUT2D eigenvalue weighted by molar-refractivity contribution is 9.10. The van der Waals surface area contributed by atoms with Crippen molar-refractivity contribution >= 4 is 33.5 Å². The lowest BCUT2D eigenvalue weighted by Gasteiger charge is -2.08. The summed E-state index contributed by atoms with van der Waals surface area (Å²) in [4.78, 5) is 11.7. The second-order valence-electron chi connectivity index (χ2n) is 4.01. The van der Waals surface area contributed by atoms with Crippen LogP contribution in [0.3, 0.4) is 0 Å². The molecule has 0 spiro atoms. The standard InChI is InChI=1S/C15H12BrClO4/c1-19-11-3-5-12(6-4-11)21-15(18)9-20-14-7-2-10(16)8-13(14)17/h2-8H,9H2,1H3. The lowest BCUT2D eigenvalue weighted by atomic mass is 10.3. The van der Waals surface area contributed by atoms with Crippen LogP contribution in [-0.2, 0) is 4.79 Å². The van der Waals surface area contributed by atoms with E-state index in [0.29, 0.717) is 22.3 Å². The van der Waals surface area contributed by atoms with Gasteiger partial charge in [-0.15, -0.1) is 0 Å². The highest BCUT2D eigenvalue weighted by atomic mass is 79.9. The van der Waals surface area contributed by atoms with E-state index in [4.69, 9.17) is 25.8 Å². The average Bonchev–Trinajstić information content (AvgIpc) is 2.47. The van der Waals surface area contributed by atoms with Crippen LogP contribution in [-0.4, -0.2) is 19.7 Å². The van der Waals surface area contributed by atoms with Crippen LogP contribution in [0.1, 0.15) is 0 Å². The van der Waals surface area contributed by atoms with Crippen LogP contribution in [0.4, 0.5) is 0 Å². The Kier molecular flexibility index (Phi) is 5.47. The normalized spacial score (nSPS) is 10.0. The van der Waals surface area contributed by atoms with Crippen molar-refractivity contribution < 1.29 is 19.0 Å². The largest absolute Gasteiger partial charge is 0.497 e. The Balaban J connectivity index is 1.89. The summed E-state index contributed by atoms with van der Waals surface area (Å²) in [5, 5.41) is 0.418. The zero-order valence-corrected chi connectivity index (χ0v) is 13.5. The minimum atomic E-state index is -0.515. The first kappa shape index (κ1) is 15.7. The lowest BCUT2D eigenvalue weighted by Crippen LogP contribution is -2.17. The predicted molar refractivity (Wildman–Crippen MR) is 83.3 cm³/mol. The fourth-order valence-corrected chi connectivity index (χ4v) is 2.26. The molecule has 0 N–H and O–H groups in total. The van der Waals surface area contributed by atoms with Gasteiger partial charge in [0.15, 0.2) is 6.61 Å². The highest BCUT2D eigenvalue weighted by Gasteiger charge is 2.08. The van der Waals surface area contributed by atoms with Crippen LogP contribution in [0.15, 0.2) is 46.9 Å². The molecular formula is C15H12BrClO4. The first-order chi connectivity index (χ1) is 10.1. The van der Waals surface area contributed by atoms with Crippen molar-refractivity contribution in [3.8, 4) is 17.2 Å². The molecule has 0 amide bonds. The Hall–Kier alpha value is -1.72. The maximum atomic E-state index is 11.7. The molecule has 0 aliphatic rings. The highest BCUT2D eigenvalue weighted by Crippen LogP contribution is 2.27. The fourth-order valence-electron chi connectivity index (χ4n) is 1.53. The number of hydrogen-bond donors (Lipinski definition) is 0. The molecule has 0 radical (unpaired) electrons. The molecule has 2 rings (SSSR count). The van der Waals surface area contributed by atoms with E-state index < -0.39 is 5.97 Å². The number of benzene rings is 2. The zero-order valence-electron chi connectivity index (χ0n) is 11.1.